The van der Waals surface area contributed by atoms with Crippen molar-refractivity contribution in [3.8, 4) is 0 Å². The third-order valence-corrected chi connectivity index (χ3v) is 5.62. The third-order valence-electron chi connectivity index (χ3n) is 5.62. The molecule has 0 aromatic carbocycles. The maximum atomic E-state index is 12.1. The van der Waals surface area contributed by atoms with Crippen LogP contribution in [-0.2, 0) is 4.79 Å². The molecule has 0 radical (unpaired) electrons. The molecule has 2 aromatic heterocycles. The number of fused-ring (bicyclic) bond motifs is 1. The van der Waals surface area contributed by atoms with E-state index in [1.807, 2.05) is 23.8 Å². The number of aromatic nitrogens is 3. The van der Waals surface area contributed by atoms with Gasteiger partial charge in [0.1, 0.15) is 5.52 Å². The van der Waals surface area contributed by atoms with Gasteiger partial charge in [0, 0.05) is 57.6 Å². The van der Waals surface area contributed by atoms with Gasteiger partial charge in [-0.05, 0) is 25.8 Å². The van der Waals surface area contributed by atoms with E-state index in [0.29, 0.717) is 0 Å². The molecule has 0 bridgehead atoms. The number of piperazine rings is 1. The second-order valence-corrected chi connectivity index (χ2v) is 7.47. The van der Waals surface area contributed by atoms with Crippen molar-refractivity contribution >= 4 is 17.2 Å². The highest BCUT2D eigenvalue weighted by Gasteiger charge is 2.23. The molecule has 1 amide bonds. The average molecular weight is 356 g/mol. The summed E-state index contributed by atoms with van der Waals surface area (Å²) in [6, 6.07) is 2.09. The molecule has 26 heavy (non-hydrogen) atoms. The number of hydrogen-bond acceptors (Lipinski definition) is 5. The number of nitrogens with one attached hydrogen (secondary N) is 1. The van der Waals surface area contributed by atoms with Crippen molar-refractivity contribution in [2.45, 2.75) is 32.6 Å². The maximum Gasteiger partial charge on any atom is 0.223 e. The first-order valence-electron chi connectivity index (χ1n) is 9.77. The zero-order valence-corrected chi connectivity index (χ0v) is 15.5. The summed E-state index contributed by atoms with van der Waals surface area (Å²) in [6.07, 6.45) is 8.26. The van der Waals surface area contributed by atoms with Crippen molar-refractivity contribution in [2.75, 3.05) is 44.2 Å². The van der Waals surface area contributed by atoms with Crippen LogP contribution in [0.1, 0.15) is 31.4 Å². The Bertz CT molecular complexity index is 758. The fourth-order valence-electron chi connectivity index (χ4n) is 4.13. The van der Waals surface area contributed by atoms with Crippen molar-refractivity contribution < 1.29 is 4.79 Å². The smallest absolute Gasteiger partial charge is 0.223 e. The zero-order valence-electron chi connectivity index (χ0n) is 15.5. The molecule has 0 unspecified atom stereocenters. The Kier molecular flexibility index (Phi) is 5.06. The average Bonchev–Trinajstić information content (AvgIpc) is 3.30. The first-order valence-corrected chi connectivity index (χ1v) is 9.77. The summed E-state index contributed by atoms with van der Waals surface area (Å²) in [4.78, 5) is 21.4. The molecular formula is C19H28N6O. The van der Waals surface area contributed by atoms with Crippen molar-refractivity contribution in [3.63, 3.8) is 0 Å². The van der Waals surface area contributed by atoms with E-state index in [4.69, 9.17) is 0 Å². The van der Waals surface area contributed by atoms with E-state index in [-0.39, 0.29) is 11.8 Å². The van der Waals surface area contributed by atoms with Crippen molar-refractivity contribution in [1.29, 1.82) is 0 Å². The lowest BCUT2D eigenvalue weighted by Gasteiger charge is -2.35. The molecule has 1 aliphatic heterocycles. The molecule has 0 spiro atoms. The Morgan fingerprint density at radius 2 is 2.00 bits per heavy atom. The predicted octanol–water partition coefficient (Wildman–Crippen LogP) is 1.47. The summed E-state index contributed by atoms with van der Waals surface area (Å²) >= 11 is 0. The molecule has 2 aliphatic rings. The normalized spacial score (nSPS) is 19.3. The monoisotopic (exact) mass is 356 g/mol. The van der Waals surface area contributed by atoms with Crippen LogP contribution < -0.4 is 10.2 Å². The van der Waals surface area contributed by atoms with Crippen LogP contribution in [0.4, 0.5) is 5.82 Å². The maximum absolute atomic E-state index is 12.1. The topological polar surface area (TPSA) is 65.8 Å². The number of anilines is 1. The van der Waals surface area contributed by atoms with E-state index in [1.165, 1.54) is 12.8 Å². The van der Waals surface area contributed by atoms with Gasteiger partial charge in [0.25, 0.3) is 0 Å². The third kappa shape index (κ3) is 3.67. The van der Waals surface area contributed by atoms with Crippen molar-refractivity contribution in [3.05, 3.63) is 24.2 Å². The molecule has 4 rings (SSSR count). The lowest BCUT2D eigenvalue weighted by atomic mass is 10.1. The Balaban J connectivity index is 1.26. The fraction of sp³-hybridized carbons (Fsp3) is 0.632. The minimum Gasteiger partial charge on any atom is -0.355 e. The lowest BCUT2D eigenvalue weighted by Crippen LogP contribution is -2.49. The van der Waals surface area contributed by atoms with E-state index < -0.39 is 0 Å². The second-order valence-electron chi connectivity index (χ2n) is 7.47. The fourth-order valence-corrected chi connectivity index (χ4v) is 4.13. The quantitative estimate of drug-likeness (QED) is 0.879. The van der Waals surface area contributed by atoms with E-state index in [0.717, 1.165) is 69.1 Å². The van der Waals surface area contributed by atoms with Gasteiger partial charge < -0.3 is 10.2 Å². The highest BCUT2D eigenvalue weighted by atomic mass is 16.1. The number of hydrogen-bond donors (Lipinski definition) is 1. The molecular weight excluding hydrogens is 328 g/mol. The van der Waals surface area contributed by atoms with Gasteiger partial charge >= 0.3 is 0 Å². The molecule has 7 heteroatoms. The molecule has 1 N–H and O–H groups in total. The van der Waals surface area contributed by atoms with Crippen molar-refractivity contribution in [1.82, 2.24) is 24.8 Å². The van der Waals surface area contributed by atoms with Gasteiger partial charge in [-0.2, -0.15) is 5.10 Å². The van der Waals surface area contributed by atoms with Gasteiger partial charge in [-0.15, -0.1) is 0 Å². The number of carbonyl (C=O) groups is 1. The first-order chi connectivity index (χ1) is 12.7. The second kappa shape index (κ2) is 7.61. The van der Waals surface area contributed by atoms with Crippen LogP contribution in [0.25, 0.3) is 5.52 Å². The molecule has 2 aromatic rings. The summed E-state index contributed by atoms with van der Waals surface area (Å²) in [7, 11) is 0. The minimum atomic E-state index is 0.258. The van der Waals surface area contributed by atoms with Crippen molar-refractivity contribution in [2.24, 2.45) is 5.92 Å². The summed E-state index contributed by atoms with van der Waals surface area (Å²) in [5, 5.41) is 7.60. The van der Waals surface area contributed by atoms with Crippen LogP contribution in [0.3, 0.4) is 0 Å². The first kappa shape index (κ1) is 17.3. The van der Waals surface area contributed by atoms with Crippen LogP contribution in [0.15, 0.2) is 18.5 Å². The molecule has 1 aliphatic carbocycles. The Morgan fingerprint density at radius 1 is 1.23 bits per heavy atom. The highest BCUT2D eigenvalue weighted by Crippen LogP contribution is 2.24. The summed E-state index contributed by atoms with van der Waals surface area (Å²) < 4.78 is 1.91. The number of aryl methyl sites for hydroxylation is 1. The van der Waals surface area contributed by atoms with Crippen LogP contribution >= 0.6 is 0 Å². The minimum absolute atomic E-state index is 0.258. The standard InChI is InChI=1S/C19H28N6O/c1-15-14-17-18(20-7-9-25(17)22-15)24-12-10-23(11-13-24)8-6-21-19(26)16-4-2-3-5-16/h7,9,14,16H,2-6,8,10-13H2,1H3,(H,21,26). The molecule has 7 nitrogen and oxygen atoms in total. The largest absolute Gasteiger partial charge is 0.355 e. The van der Waals surface area contributed by atoms with Gasteiger partial charge in [-0.3, -0.25) is 9.69 Å². The van der Waals surface area contributed by atoms with Crippen LogP contribution in [0.5, 0.6) is 0 Å². The van der Waals surface area contributed by atoms with Gasteiger partial charge in [0.2, 0.25) is 5.91 Å². The number of amides is 1. The Labute approximate surface area is 154 Å². The van der Waals surface area contributed by atoms with E-state index in [9.17, 15) is 4.79 Å². The molecule has 0 atom stereocenters. The lowest BCUT2D eigenvalue weighted by molar-refractivity contribution is -0.124. The van der Waals surface area contributed by atoms with Crippen LogP contribution in [0.2, 0.25) is 0 Å². The van der Waals surface area contributed by atoms with Crippen LogP contribution in [0, 0.1) is 12.8 Å². The van der Waals surface area contributed by atoms with Gasteiger partial charge in [-0.1, -0.05) is 12.8 Å². The molecule has 2 fully saturated rings. The van der Waals surface area contributed by atoms with E-state index in [1.54, 1.807) is 0 Å². The number of rotatable bonds is 5. The van der Waals surface area contributed by atoms with Gasteiger partial charge in [0.15, 0.2) is 5.82 Å². The Hall–Kier alpha value is -2.15. The molecule has 1 saturated heterocycles. The van der Waals surface area contributed by atoms with E-state index >= 15 is 0 Å². The van der Waals surface area contributed by atoms with Gasteiger partial charge in [-0.25, -0.2) is 9.50 Å². The Morgan fingerprint density at radius 3 is 2.77 bits per heavy atom. The van der Waals surface area contributed by atoms with Gasteiger partial charge in [0.05, 0.1) is 5.69 Å². The summed E-state index contributed by atoms with van der Waals surface area (Å²) in [5.74, 6) is 1.54. The van der Waals surface area contributed by atoms with Crippen LogP contribution in [-0.4, -0.2) is 64.7 Å². The summed E-state index contributed by atoms with van der Waals surface area (Å²) in [5.41, 5.74) is 2.08. The summed E-state index contributed by atoms with van der Waals surface area (Å²) in [6.45, 7) is 7.58. The SMILES string of the molecule is Cc1cc2c(N3CCN(CCNC(=O)C4CCCC4)CC3)nccn2n1. The number of carbonyl (C=O) groups excluding carboxylic acids is 1. The predicted molar refractivity (Wildman–Crippen MR) is 101 cm³/mol. The highest BCUT2D eigenvalue weighted by molar-refractivity contribution is 5.78. The molecule has 3 heterocycles. The molecule has 1 saturated carbocycles. The number of nitrogens with zero attached hydrogens (tertiary/aromatic N) is 5. The van der Waals surface area contributed by atoms with E-state index in [2.05, 4.69) is 31.3 Å². The zero-order chi connectivity index (χ0) is 17.9. The molecule has 140 valence electrons.